The zero-order valence-electron chi connectivity index (χ0n) is 13.5. The number of aryl methyl sites for hydroxylation is 1. The molecule has 0 aliphatic heterocycles. The molecule has 1 aromatic carbocycles. The topological polar surface area (TPSA) is 81.1 Å². The summed E-state index contributed by atoms with van der Waals surface area (Å²) in [6.07, 6.45) is 4.94. The lowest BCUT2D eigenvalue weighted by Gasteiger charge is -2.07. The largest absolute Gasteiger partial charge is 0.271 e. The molecule has 0 spiro atoms. The Hall–Kier alpha value is -1.64. The van der Waals surface area contributed by atoms with E-state index < -0.39 is 10.0 Å². The van der Waals surface area contributed by atoms with Crippen molar-refractivity contribution in [3.05, 3.63) is 58.5 Å². The van der Waals surface area contributed by atoms with Gasteiger partial charge in [-0.15, -0.1) is 0 Å². The molecule has 0 saturated carbocycles. The Morgan fingerprint density at radius 1 is 1.21 bits per heavy atom. The molecule has 0 atom stereocenters. The van der Waals surface area contributed by atoms with Gasteiger partial charge in [-0.25, -0.2) is 13.1 Å². The Bertz CT molecular complexity index is 802. The first-order valence-electron chi connectivity index (χ1n) is 7.62. The van der Waals surface area contributed by atoms with Crippen LogP contribution in [0.25, 0.3) is 5.69 Å². The summed E-state index contributed by atoms with van der Waals surface area (Å²) < 4.78 is 27.3. The van der Waals surface area contributed by atoms with Crippen molar-refractivity contribution < 1.29 is 8.42 Å². The molecule has 8 heteroatoms. The van der Waals surface area contributed by atoms with Crippen LogP contribution < -0.4 is 10.3 Å². The fraction of sp³-hybridized carbons (Fsp3) is 0.375. The van der Waals surface area contributed by atoms with Gasteiger partial charge in [0.05, 0.1) is 11.4 Å². The lowest BCUT2D eigenvalue weighted by molar-refractivity contribution is 0.580. The molecule has 0 saturated heterocycles. The third-order valence-electron chi connectivity index (χ3n) is 3.42. The second kappa shape index (κ2) is 9.00. The highest BCUT2D eigenvalue weighted by Crippen LogP contribution is 2.08. The number of rotatable bonds is 9. The van der Waals surface area contributed by atoms with E-state index >= 15 is 0 Å². The highest BCUT2D eigenvalue weighted by molar-refractivity contribution is 7.99. The van der Waals surface area contributed by atoms with E-state index in [0.29, 0.717) is 18.0 Å². The second-order valence-electron chi connectivity index (χ2n) is 5.25. The van der Waals surface area contributed by atoms with Crippen molar-refractivity contribution in [3.63, 3.8) is 0 Å². The van der Waals surface area contributed by atoms with E-state index in [4.69, 9.17) is 0 Å². The van der Waals surface area contributed by atoms with Gasteiger partial charge in [-0.05, 0) is 42.9 Å². The Morgan fingerprint density at radius 2 is 1.96 bits per heavy atom. The van der Waals surface area contributed by atoms with Crippen LogP contribution in [0.4, 0.5) is 0 Å². The van der Waals surface area contributed by atoms with E-state index in [1.807, 2.05) is 30.5 Å². The van der Waals surface area contributed by atoms with Crippen LogP contribution in [0.3, 0.4) is 0 Å². The molecule has 6 nitrogen and oxygen atoms in total. The molecule has 130 valence electrons. The average molecular weight is 367 g/mol. The van der Waals surface area contributed by atoms with E-state index in [2.05, 4.69) is 9.82 Å². The van der Waals surface area contributed by atoms with Gasteiger partial charge in [-0.2, -0.15) is 21.5 Å². The molecule has 24 heavy (non-hydrogen) atoms. The predicted octanol–water partition coefficient (Wildman–Crippen LogP) is 1.45. The first-order valence-corrected chi connectivity index (χ1v) is 10.7. The van der Waals surface area contributed by atoms with Crippen molar-refractivity contribution in [2.45, 2.75) is 12.8 Å². The first kappa shape index (κ1) is 18.7. The molecule has 0 aliphatic rings. The normalized spacial score (nSPS) is 11.5. The number of nitrogens with one attached hydrogen (secondary N) is 1. The van der Waals surface area contributed by atoms with Gasteiger partial charge < -0.3 is 0 Å². The van der Waals surface area contributed by atoms with Crippen molar-refractivity contribution in [2.75, 3.05) is 24.3 Å². The Kier molecular flexibility index (Phi) is 7.01. The number of benzene rings is 1. The number of aromatic nitrogens is 2. The molecule has 2 aromatic rings. The Balaban J connectivity index is 1.85. The number of nitrogens with zero attached hydrogens (tertiary/aromatic N) is 2. The van der Waals surface area contributed by atoms with Crippen molar-refractivity contribution >= 4 is 21.8 Å². The van der Waals surface area contributed by atoms with Crippen LogP contribution in [0.2, 0.25) is 0 Å². The summed E-state index contributed by atoms with van der Waals surface area (Å²) in [5.74, 6) is 0.755. The molecule has 0 fully saturated rings. The van der Waals surface area contributed by atoms with Crippen LogP contribution in [0.15, 0.2) is 47.4 Å². The zero-order chi connectivity index (χ0) is 17.4. The van der Waals surface area contributed by atoms with Crippen LogP contribution in [-0.2, 0) is 16.4 Å². The van der Waals surface area contributed by atoms with Crippen LogP contribution in [0, 0.1) is 0 Å². The third kappa shape index (κ3) is 5.77. The van der Waals surface area contributed by atoms with Gasteiger partial charge >= 0.3 is 0 Å². The predicted molar refractivity (Wildman–Crippen MR) is 98.3 cm³/mol. The van der Waals surface area contributed by atoms with Gasteiger partial charge in [0.15, 0.2) is 0 Å². The van der Waals surface area contributed by atoms with E-state index in [1.54, 1.807) is 12.3 Å². The van der Waals surface area contributed by atoms with Crippen molar-refractivity contribution in [1.29, 1.82) is 0 Å². The molecule has 2 rings (SSSR count). The minimum atomic E-state index is -3.16. The fourth-order valence-corrected chi connectivity index (χ4v) is 4.29. The Morgan fingerprint density at radius 3 is 2.62 bits per heavy atom. The second-order valence-corrected chi connectivity index (χ2v) is 8.16. The molecular formula is C16H21N3O3S2. The van der Waals surface area contributed by atoms with Crippen molar-refractivity contribution in [3.8, 4) is 5.69 Å². The van der Waals surface area contributed by atoms with Gasteiger partial charge in [0.25, 0.3) is 5.56 Å². The smallest absolute Gasteiger partial charge is 0.267 e. The molecule has 1 N–H and O–H groups in total. The van der Waals surface area contributed by atoms with Gasteiger partial charge in [0, 0.05) is 24.6 Å². The van der Waals surface area contributed by atoms with E-state index in [1.165, 1.54) is 22.5 Å². The van der Waals surface area contributed by atoms with Gasteiger partial charge in [0.2, 0.25) is 10.0 Å². The van der Waals surface area contributed by atoms with E-state index in [0.717, 1.165) is 18.4 Å². The van der Waals surface area contributed by atoms with Crippen LogP contribution in [-0.4, -0.2) is 42.5 Å². The maximum atomic E-state index is 11.7. The number of hydrogen-bond acceptors (Lipinski definition) is 5. The highest BCUT2D eigenvalue weighted by Gasteiger charge is 2.08. The standard InChI is InChI=1S/C16H21N3O3S2/c1-23-12-13-24(21,22)18-11-2-4-14-6-8-15(9-7-14)19-16(20)5-3-10-17-19/h3,5-10,18H,2,4,11-13H2,1H3. The molecule has 1 heterocycles. The summed E-state index contributed by atoms with van der Waals surface area (Å²) in [6, 6.07) is 10.6. The van der Waals surface area contributed by atoms with Crippen molar-refractivity contribution in [2.24, 2.45) is 0 Å². The van der Waals surface area contributed by atoms with Gasteiger partial charge in [-0.1, -0.05) is 12.1 Å². The van der Waals surface area contributed by atoms with Crippen molar-refractivity contribution in [1.82, 2.24) is 14.5 Å². The van der Waals surface area contributed by atoms with Crippen LogP contribution in [0.1, 0.15) is 12.0 Å². The van der Waals surface area contributed by atoms with Gasteiger partial charge in [-0.3, -0.25) is 4.79 Å². The molecule has 0 radical (unpaired) electrons. The van der Waals surface area contributed by atoms with Gasteiger partial charge in [0.1, 0.15) is 0 Å². The third-order valence-corrected chi connectivity index (χ3v) is 5.67. The summed E-state index contributed by atoms with van der Waals surface area (Å²) in [5, 5.41) is 4.03. The van der Waals surface area contributed by atoms with E-state index in [-0.39, 0.29) is 11.3 Å². The maximum Gasteiger partial charge on any atom is 0.271 e. The summed E-state index contributed by atoms with van der Waals surface area (Å²) in [6.45, 7) is 0.429. The molecule has 0 amide bonds. The summed E-state index contributed by atoms with van der Waals surface area (Å²) in [7, 11) is -3.16. The molecule has 0 aliphatic carbocycles. The Labute approximate surface area is 146 Å². The molecule has 0 unspecified atom stereocenters. The molecule has 0 bridgehead atoms. The minimum absolute atomic E-state index is 0.154. The highest BCUT2D eigenvalue weighted by atomic mass is 32.2. The number of sulfonamides is 1. The average Bonchev–Trinajstić information content (AvgIpc) is 2.58. The summed E-state index contributed by atoms with van der Waals surface area (Å²) >= 11 is 1.52. The number of thioether (sulfide) groups is 1. The van der Waals surface area contributed by atoms with Crippen LogP contribution in [0.5, 0.6) is 0 Å². The summed E-state index contributed by atoms with van der Waals surface area (Å²) in [4.78, 5) is 11.7. The minimum Gasteiger partial charge on any atom is -0.267 e. The SMILES string of the molecule is CSCCS(=O)(=O)NCCCc1ccc(-n2ncccc2=O)cc1. The fourth-order valence-electron chi connectivity index (χ4n) is 2.14. The molecular weight excluding hydrogens is 346 g/mol. The van der Waals surface area contributed by atoms with Crippen LogP contribution >= 0.6 is 11.8 Å². The maximum absolute atomic E-state index is 11.7. The lowest BCUT2D eigenvalue weighted by Crippen LogP contribution is -2.28. The number of hydrogen-bond donors (Lipinski definition) is 1. The lowest BCUT2D eigenvalue weighted by atomic mass is 10.1. The van der Waals surface area contributed by atoms with E-state index in [9.17, 15) is 13.2 Å². The molecule has 1 aromatic heterocycles. The first-order chi connectivity index (χ1) is 11.5. The monoisotopic (exact) mass is 367 g/mol. The zero-order valence-corrected chi connectivity index (χ0v) is 15.1. The quantitative estimate of drug-likeness (QED) is 0.679. The summed E-state index contributed by atoms with van der Waals surface area (Å²) in [5.41, 5.74) is 1.62.